The van der Waals surface area contributed by atoms with Crippen LogP contribution in [-0.2, 0) is 19.1 Å². The number of carboxylic acid groups (broad SMARTS) is 1. The highest BCUT2D eigenvalue weighted by Gasteiger charge is 2.63. The molecule has 1 aliphatic heterocycles. The second-order valence-corrected chi connectivity index (χ2v) is 13.1. The van der Waals surface area contributed by atoms with E-state index in [4.69, 9.17) is 9.47 Å². The molecule has 206 valence electrons. The first kappa shape index (κ1) is 28.1. The van der Waals surface area contributed by atoms with E-state index >= 15 is 0 Å². The van der Waals surface area contributed by atoms with Crippen molar-refractivity contribution in [3.63, 3.8) is 0 Å². The van der Waals surface area contributed by atoms with Crippen LogP contribution in [0.4, 0.5) is 0 Å². The molecule has 0 aromatic carbocycles. The molecule has 5 nitrogen and oxygen atoms in total. The maximum Gasteiger partial charge on any atom is 0.303 e. The van der Waals surface area contributed by atoms with Crippen molar-refractivity contribution in [2.45, 2.75) is 130 Å². The van der Waals surface area contributed by atoms with Crippen LogP contribution in [0.1, 0.15) is 118 Å². The van der Waals surface area contributed by atoms with Gasteiger partial charge in [-0.05, 0) is 111 Å². The van der Waals surface area contributed by atoms with E-state index < -0.39 is 5.97 Å². The number of ether oxygens (including phenoxy) is 2. The second-order valence-electron chi connectivity index (χ2n) is 13.1. The number of hydrogen-bond donors (Lipinski definition) is 1. The highest BCUT2D eigenvalue weighted by atomic mass is 16.7. The van der Waals surface area contributed by atoms with Crippen LogP contribution in [0.3, 0.4) is 0 Å². The van der Waals surface area contributed by atoms with Gasteiger partial charge in [0, 0.05) is 25.4 Å². The number of fused-ring (bicyclic) bond motifs is 5. The van der Waals surface area contributed by atoms with E-state index in [1.165, 1.54) is 19.3 Å². The molecule has 8 unspecified atom stereocenters. The first-order valence-electron chi connectivity index (χ1n) is 15.2. The van der Waals surface area contributed by atoms with E-state index in [9.17, 15) is 14.7 Å². The number of carboxylic acids is 1. The summed E-state index contributed by atoms with van der Waals surface area (Å²) in [5.41, 5.74) is 0.441. The Kier molecular flexibility index (Phi) is 8.92. The minimum Gasteiger partial charge on any atom is -0.481 e. The monoisotopic (exact) mass is 504 g/mol. The van der Waals surface area contributed by atoms with Crippen molar-refractivity contribution in [1.29, 1.82) is 0 Å². The van der Waals surface area contributed by atoms with Gasteiger partial charge in [-0.25, -0.2) is 0 Å². The predicted octanol–water partition coefficient (Wildman–Crippen LogP) is 7.26. The molecule has 4 aliphatic carbocycles. The molecule has 5 aliphatic rings. The molecular weight excluding hydrogens is 452 g/mol. The summed E-state index contributed by atoms with van der Waals surface area (Å²) in [6.07, 6.45) is 13.3. The van der Waals surface area contributed by atoms with Crippen LogP contribution >= 0.6 is 0 Å². The summed E-state index contributed by atoms with van der Waals surface area (Å²) in [6.45, 7) is 12.0. The van der Waals surface area contributed by atoms with Crippen LogP contribution in [0.5, 0.6) is 0 Å². The SMILES string of the molecule is CC.C[C@H](CCC(=O)O)C1CCC2C3C(=O)CC4C[C@H](OC5CCCCO5)CCC4(C)C3CCC21C. The molecule has 0 amide bonds. The molecule has 0 aromatic rings. The van der Waals surface area contributed by atoms with E-state index in [0.29, 0.717) is 35.4 Å². The van der Waals surface area contributed by atoms with Gasteiger partial charge >= 0.3 is 5.97 Å². The molecule has 1 heterocycles. The van der Waals surface area contributed by atoms with E-state index in [0.717, 1.165) is 64.4 Å². The Morgan fingerprint density at radius 2 is 1.78 bits per heavy atom. The van der Waals surface area contributed by atoms with Crippen molar-refractivity contribution in [2.75, 3.05) is 6.61 Å². The topological polar surface area (TPSA) is 72.8 Å². The van der Waals surface area contributed by atoms with Crippen molar-refractivity contribution in [2.24, 2.45) is 46.3 Å². The Morgan fingerprint density at radius 1 is 1.06 bits per heavy atom. The lowest BCUT2D eigenvalue weighted by Gasteiger charge is -2.60. The predicted molar refractivity (Wildman–Crippen MR) is 141 cm³/mol. The molecule has 5 fully saturated rings. The van der Waals surface area contributed by atoms with Crippen LogP contribution in [0, 0.1) is 46.3 Å². The summed E-state index contributed by atoms with van der Waals surface area (Å²) in [7, 11) is 0. The first-order valence-corrected chi connectivity index (χ1v) is 15.2. The van der Waals surface area contributed by atoms with Gasteiger partial charge in [0.1, 0.15) is 5.78 Å². The van der Waals surface area contributed by atoms with Crippen LogP contribution in [0.15, 0.2) is 0 Å². The number of rotatable bonds is 6. The number of Topliss-reactive ketones (excluding diaryl/α,β-unsaturated/α-hetero) is 1. The zero-order chi connectivity index (χ0) is 26.1. The molecular formula is C31H52O5. The number of hydrogen-bond acceptors (Lipinski definition) is 4. The lowest BCUT2D eigenvalue weighted by molar-refractivity contribution is -0.211. The highest BCUT2D eigenvalue weighted by molar-refractivity contribution is 5.83. The lowest BCUT2D eigenvalue weighted by Crippen LogP contribution is -2.57. The third-order valence-electron chi connectivity index (χ3n) is 11.5. The van der Waals surface area contributed by atoms with Gasteiger partial charge in [-0.15, -0.1) is 0 Å². The molecule has 1 N–H and O–H groups in total. The maximum absolute atomic E-state index is 13.8. The van der Waals surface area contributed by atoms with E-state index in [1.54, 1.807) is 0 Å². The fourth-order valence-corrected chi connectivity index (χ4v) is 9.58. The second kappa shape index (κ2) is 11.4. The summed E-state index contributed by atoms with van der Waals surface area (Å²) < 4.78 is 12.2. The Morgan fingerprint density at radius 3 is 2.47 bits per heavy atom. The molecule has 5 heteroatoms. The van der Waals surface area contributed by atoms with Crippen LogP contribution in [0.2, 0.25) is 0 Å². The fraction of sp³-hybridized carbons (Fsp3) is 0.935. The van der Waals surface area contributed by atoms with E-state index in [2.05, 4.69) is 20.8 Å². The molecule has 0 aromatic heterocycles. The van der Waals surface area contributed by atoms with Gasteiger partial charge in [0.25, 0.3) is 0 Å². The van der Waals surface area contributed by atoms with Gasteiger partial charge < -0.3 is 14.6 Å². The summed E-state index contributed by atoms with van der Waals surface area (Å²) in [6, 6.07) is 0. The number of ketones is 1. The minimum absolute atomic E-state index is 0.0379. The Balaban J connectivity index is 0.00000148. The van der Waals surface area contributed by atoms with Crippen molar-refractivity contribution >= 4 is 11.8 Å². The number of carbonyl (C=O) groups is 2. The lowest BCUT2D eigenvalue weighted by atomic mass is 9.44. The molecule has 0 spiro atoms. The zero-order valence-electron chi connectivity index (χ0n) is 23.6. The van der Waals surface area contributed by atoms with Crippen molar-refractivity contribution in [3.05, 3.63) is 0 Å². The maximum atomic E-state index is 13.8. The van der Waals surface area contributed by atoms with Gasteiger partial charge in [0.05, 0.1) is 6.10 Å². The largest absolute Gasteiger partial charge is 0.481 e. The van der Waals surface area contributed by atoms with Crippen LogP contribution < -0.4 is 0 Å². The van der Waals surface area contributed by atoms with Crippen molar-refractivity contribution in [3.8, 4) is 0 Å². The van der Waals surface area contributed by atoms with Crippen LogP contribution in [0.25, 0.3) is 0 Å². The summed E-state index contributed by atoms with van der Waals surface area (Å²) in [4.78, 5) is 24.9. The van der Waals surface area contributed by atoms with Crippen LogP contribution in [-0.4, -0.2) is 35.9 Å². The molecule has 0 radical (unpaired) electrons. The van der Waals surface area contributed by atoms with E-state index in [-0.39, 0.29) is 35.6 Å². The molecule has 10 atom stereocenters. The Hall–Kier alpha value is -0.940. The van der Waals surface area contributed by atoms with Gasteiger partial charge in [-0.2, -0.15) is 0 Å². The van der Waals surface area contributed by atoms with Gasteiger partial charge in [-0.1, -0.05) is 34.6 Å². The third-order valence-corrected chi connectivity index (χ3v) is 11.5. The summed E-state index contributed by atoms with van der Waals surface area (Å²) in [5.74, 6) is 2.46. The first-order chi connectivity index (χ1) is 17.2. The Bertz CT molecular complexity index is 775. The molecule has 5 rings (SSSR count). The van der Waals surface area contributed by atoms with Gasteiger partial charge in [-0.3, -0.25) is 9.59 Å². The minimum atomic E-state index is -0.689. The summed E-state index contributed by atoms with van der Waals surface area (Å²) in [5, 5.41) is 9.18. The number of carbonyl (C=O) groups excluding carboxylic acids is 1. The smallest absolute Gasteiger partial charge is 0.303 e. The molecule has 0 bridgehead atoms. The summed E-state index contributed by atoms with van der Waals surface area (Å²) >= 11 is 0. The molecule has 1 saturated heterocycles. The molecule has 36 heavy (non-hydrogen) atoms. The Labute approximate surface area is 219 Å². The molecule has 4 saturated carbocycles. The van der Waals surface area contributed by atoms with E-state index in [1.807, 2.05) is 13.8 Å². The van der Waals surface area contributed by atoms with Crippen molar-refractivity contribution < 1.29 is 24.2 Å². The fourth-order valence-electron chi connectivity index (χ4n) is 9.58. The van der Waals surface area contributed by atoms with Gasteiger partial charge in [0.15, 0.2) is 6.29 Å². The average molecular weight is 505 g/mol. The normalized spacial score (nSPS) is 44.9. The quantitative estimate of drug-likeness (QED) is 0.385. The standard InChI is InChI=1S/C29H46O5.C2H6/c1-18(7-10-25(31)32)21-8-9-22-27-23(12-14-29(21,22)3)28(2)13-11-20(16-19(28)17-24(27)30)34-26-6-4-5-15-33-26;1-2/h18-23,26-27H,4-17H2,1-3H3,(H,31,32);1-2H3/t18-,19?,20-,21?,22?,23?,26?,27?,28?,29?;/m1./s1. The third kappa shape index (κ3) is 5.17. The van der Waals surface area contributed by atoms with Gasteiger partial charge in [0.2, 0.25) is 0 Å². The zero-order valence-corrected chi connectivity index (χ0v) is 23.6. The van der Waals surface area contributed by atoms with Crippen molar-refractivity contribution in [1.82, 2.24) is 0 Å². The average Bonchev–Trinajstić information content (AvgIpc) is 3.22. The highest BCUT2D eigenvalue weighted by Crippen LogP contribution is 2.67. The number of aliphatic carboxylic acids is 1.